The molecule has 0 aromatic heterocycles. The lowest BCUT2D eigenvalue weighted by Crippen LogP contribution is -2.91. The quantitative estimate of drug-likeness (QED) is 0.568. The summed E-state index contributed by atoms with van der Waals surface area (Å²) in [5.41, 5.74) is 1.94. The van der Waals surface area contributed by atoms with E-state index in [0.29, 0.717) is 11.5 Å². The first kappa shape index (κ1) is 14.5. The zero-order chi connectivity index (χ0) is 12.9. The van der Waals surface area contributed by atoms with E-state index in [-0.39, 0.29) is 0 Å². The average molecular weight is 235 g/mol. The molecule has 1 aliphatic carbocycles. The Kier molecular flexibility index (Phi) is 5.45. The van der Waals surface area contributed by atoms with Crippen molar-refractivity contribution in [2.24, 2.45) is 11.8 Å². The molecule has 1 fully saturated rings. The number of nitrogens with two attached hydrogens (primary N) is 1. The van der Waals surface area contributed by atoms with Gasteiger partial charge < -0.3 is 5.32 Å². The molecular weight excluding hydrogens is 206 g/mol. The highest BCUT2D eigenvalue weighted by atomic mass is 14.9. The Hall–Kier alpha value is -0.560. The van der Waals surface area contributed by atoms with Crippen molar-refractivity contribution in [2.75, 3.05) is 0 Å². The van der Waals surface area contributed by atoms with E-state index < -0.39 is 0 Å². The maximum absolute atomic E-state index is 3.97. The highest BCUT2D eigenvalue weighted by Gasteiger charge is 2.31. The highest BCUT2D eigenvalue weighted by molar-refractivity contribution is 5.14. The number of rotatable bonds is 4. The van der Waals surface area contributed by atoms with E-state index in [9.17, 15) is 0 Å². The summed E-state index contributed by atoms with van der Waals surface area (Å²) in [6.07, 6.45) is 12.0. The summed E-state index contributed by atoms with van der Waals surface area (Å²) in [4.78, 5) is 0. The molecule has 1 heteroatoms. The van der Waals surface area contributed by atoms with Gasteiger partial charge in [-0.3, -0.25) is 0 Å². The SMILES string of the molecule is [CH2-][NH2+]C1(C)CCC(/C(C)=C/C=C\C(C)C)CC1. The van der Waals surface area contributed by atoms with Crippen molar-refractivity contribution in [1.29, 1.82) is 0 Å². The van der Waals surface area contributed by atoms with Crippen molar-refractivity contribution in [3.63, 3.8) is 0 Å². The molecule has 1 rings (SSSR count). The van der Waals surface area contributed by atoms with Gasteiger partial charge in [-0.2, -0.15) is 7.05 Å². The molecule has 2 N–H and O–H groups in total. The van der Waals surface area contributed by atoms with Gasteiger partial charge in [0.15, 0.2) is 0 Å². The predicted molar refractivity (Wildman–Crippen MR) is 75.4 cm³/mol. The van der Waals surface area contributed by atoms with Crippen LogP contribution in [-0.4, -0.2) is 5.54 Å². The van der Waals surface area contributed by atoms with Crippen molar-refractivity contribution < 1.29 is 5.32 Å². The van der Waals surface area contributed by atoms with Crippen LogP contribution in [-0.2, 0) is 0 Å². The van der Waals surface area contributed by atoms with Gasteiger partial charge in [0.2, 0.25) is 0 Å². The molecule has 98 valence electrons. The Morgan fingerprint density at radius 3 is 2.41 bits per heavy atom. The Morgan fingerprint density at radius 2 is 1.94 bits per heavy atom. The number of hydrogen-bond donors (Lipinski definition) is 1. The van der Waals surface area contributed by atoms with E-state index in [1.54, 1.807) is 5.57 Å². The Bertz CT molecular complexity index is 278. The second-order valence-corrected chi connectivity index (χ2v) is 6.17. The maximum atomic E-state index is 3.97. The number of hydrogen-bond acceptors (Lipinski definition) is 0. The first-order chi connectivity index (χ1) is 7.97. The molecule has 0 atom stereocenters. The number of allylic oxidation sites excluding steroid dienone is 4. The third-order valence-corrected chi connectivity index (χ3v) is 4.12. The van der Waals surface area contributed by atoms with E-state index in [4.69, 9.17) is 0 Å². The van der Waals surface area contributed by atoms with Crippen LogP contribution in [0.15, 0.2) is 23.8 Å². The molecule has 0 aromatic rings. The first-order valence-electron chi connectivity index (χ1n) is 6.95. The fourth-order valence-corrected chi connectivity index (χ4v) is 2.50. The predicted octanol–water partition coefficient (Wildman–Crippen LogP) is 3.45. The van der Waals surface area contributed by atoms with Crippen LogP contribution in [0.5, 0.6) is 0 Å². The monoisotopic (exact) mass is 235 g/mol. The van der Waals surface area contributed by atoms with Crippen molar-refractivity contribution in [3.05, 3.63) is 30.8 Å². The molecule has 0 spiro atoms. The van der Waals surface area contributed by atoms with Gasteiger partial charge in [0.05, 0.1) is 5.54 Å². The van der Waals surface area contributed by atoms with Crippen LogP contribution in [0.3, 0.4) is 0 Å². The molecule has 0 saturated heterocycles. The summed E-state index contributed by atoms with van der Waals surface area (Å²) < 4.78 is 0. The van der Waals surface area contributed by atoms with Crippen molar-refractivity contribution in [2.45, 2.75) is 58.9 Å². The zero-order valence-electron chi connectivity index (χ0n) is 12.0. The molecule has 0 heterocycles. The summed E-state index contributed by atoms with van der Waals surface area (Å²) in [6.45, 7) is 9.06. The molecule has 1 nitrogen and oxygen atoms in total. The largest absolute Gasteiger partial charge is 0.474 e. The lowest BCUT2D eigenvalue weighted by molar-refractivity contribution is -0.676. The molecular formula is C16H29N. The van der Waals surface area contributed by atoms with Gasteiger partial charge >= 0.3 is 0 Å². The van der Waals surface area contributed by atoms with E-state index >= 15 is 0 Å². The fourth-order valence-electron chi connectivity index (χ4n) is 2.50. The van der Waals surface area contributed by atoms with Crippen LogP contribution in [0.25, 0.3) is 0 Å². The molecule has 0 aromatic carbocycles. The molecule has 1 saturated carbocycles. The van der Waals surface area contributed by atoms with Gasteiger partial charge in [0.1, 0.15) is 0 Å². The normalized spacial score (nSPS) is 31.4. The van der Waals surface area contributed by atoms with Gasteiger partial charge in [-0.25, -0.2) is 0 Å². The van der Waals surface area contributed by atoms with E-state index in [2.05, 4.69) is 58.3 Å². The van der Waals surface area contributed by atoms with Crippen LogP contribution in [0, 0.1) is 18.9 Å². The van der Waals surface area contributed by atoms with Crippen molar-refractivity contribution >= 4 is 0 Å². The van der Waals surface area contributed by atoms with Crippen molar-refractivity contribution in [1.82, 2.24) is 0 Å². The Labute approximate surface area is 107 Å². The van der Waals surface area contributed by atoms with Gasteiger partial charge in [0.25, 0.3) is 0 Å². The second-order valence-electron chi connectivity index (χ2n) is 6.17. The lowest BCUT2D eigenvalue weighted by Gasteiger charge is -2.37. The minimum absolute atomic E-state index is 0.393. The van der Waals surface area contributed by atoms with Gasteiger partial charge in [-0.1, -0.05) is 37.6 Å². The van der Waals surface area contributed by atoms with Gasteiger partial charge in [-0.15, -0.1) is 0 Å². The molecule has 0 radical (unpaired) electrons. The van der Waals surface area contributed by atoms with Crippen LogP contribution < -0.4 is 5.32 Å². The molecule has 0 bridgehead atoms. The first-order valence-corrected chi connectivity index (χ1v) is 6.95. The third kappa shape index (κ3) is 4.67. The smallest absolute Gasteiger partial charge is 0.0695 e. The van der Waals surface area contributed by atoms with E-state index in [0.717, 1.165) is 5.92 Å². The maximum Gasteiger partial charge on any atom is 0.0695 e. The Morgan fingerprint density at radius 1 is 1.35 bits per heavy atom. The van der Waals surface area contributed by atoms with E-state index in [1.807, 2.05) is 0 Å². The molecule has 1 aliphatic rings. The topological polar surface area (TPSA) is 16.6 Å². The Balaban J connectivity index is 2.48. The average Bonchev–Trinajstić information content (AvgIpc) is 2.29. The van der Waals surface area contributed by atoms with Gasteiger partial charge in [-0.05, 0) is 38.5 Å². The number of quaternary nitrogens is 1. The second kappa shape index (κ2) is 6.39. The molecule has 17 heavy (non-hydrogen) atoms. The molecule has 0 amide bonds. The summed E-state index contributed by atoms with van der Waals surface area (Å²) in [6, 6.07) is 0. The summed E-state index contributed by atoms with van der Waals surface area (Å²) in [5.74, 6) is 1.44. The summed E-state index contributed by atoms with van der Waals surface area (Å²) in [5, 5.41) is 2.15. The zero-order valence-corrected chi connectivity index (χ0v) is 12.0. The highest BCUT2D eigenvalue weighted by Crippen LogP contribution is 2.33. The summed E-state index contributed by atoms with van der Waals surface area (Å²) >= 11 is 0. The van der Waals surface area contributed by atoms with Crippen LogP contribution in [0.4, 0.5) is 0 Å². The molecule has 0 unspecified atom stereocenters. The van der Waals surface area contributed by atoms with Crippen LogP contribution in [0.1, 0.15) is 53.4 Å². The lowest BCUT2D eigenvalue weighted by atomic mass is 9.75. The van der Waals surface area contributed by atoms with Gasteiger partial charge in [0, 0.05) is 12.8 Å². The minimum atomic E-state index is 0.393. The molecule has 0 aliphatic heterocycles. The fraction of sp³-hybridized carbons (Fsp3) is 0.688. The van der Waals surface area contributed by atoms with Crippen LogP contribution in [0.2, 0.25) is 0 Å². The minimum Gasteiger partial charge on any atom is -0.474 e. The summed E-state index contributed by atoms with van der Waals surface area (Å²) in [7, 11) is 3.97. The third-order valence-electron chi connectivity index (χ3n) is 4.12. The van der Waals surface area contributed by atoms with E-state index in [1.165, 1.54) is 25.7 Å². The standard InChI is InChI=1S/C16H29N/c1-13(2)7-6-8-14(3)15-9-11-16(4,17-5)12-10-15/h6-8,13,15H,5,9-12,17H2,1-4H3/b7-6-,14-8+. The van der Waals surface area contributed by atoms with Crippen LogP contribution >= 0.6 is 0 Å². The van der Waals surface area contributed by atoms with Crippen molar-refractivity contribution in [3.8, 4) is 0 Å².